The van der Waals surface area contributed by atoms with Gasteiger partial charge < -0.3 is 14.8 Å². The number of nitrogens with one attached hydrogen (secondary N) is 1. The van der Waals surface area contributed by atoms with E-state index in [0.717, 1.165) is 0 Å². The van der Waals surface area contributed by atoms with E-state index in [1.165, 1.54) is 20.3 Å². The van der Waals surface area contributed by atoms with Gasteiger partial charge in [-0.2, -0.15) is 5.26 Å². The maximum atomic E-state index is 12.2. The summed E-state index contributed by atoms with van der Waals surface area (Å²) in [5.41, 5.74) is 0.491. The molecule has 1 amide bonds. The summed E-state index contributed by atoms with van der Waals surface area (Å²) in [7, 11) is -0.0957. The number of rotatable bonds is 5. The van der Waals surface area contributed by atoms with Gasteiger partial charge in [0.15, 0.2) is 21.3 Å². The van der Waals surface area contributed by atoms with Crippen LogP contribution in [0.1, 0.15) is 12.0 Å². The third-order valence-corrected chi connectivity index (χ3v) is 5.42. The van der Waals surface area contributed by atoms with E-state index >= 15 is 0 Å². The summed E-state index contributed by atoms with van der Waals surface area (Å²) in [6.45, 7) is 0. The third kappa shape index (κ3) is 4.26. The first-order valence-electron chi connectivity index (χ1n) is 7.23. The Morgan fingerprint density at radius 1 is 1.33 bits per heavy atom. The van der Waals surface area contributed by atoms with Gasteiger partial charge in [-0.15, -0.1) is 0 Å². The van der Waals surface area contributed by atoms with Crippen LogP contribution in [-0.4, -0.2) is 46.1 Å². The second kappa shape index (κ2) is 7.36. The number of benzene rings is 1. The fourth-order valence-corrected chi connectivity index (χ4v) is 4.10. The molecule has 24 heavy (non-hydrogen) atoms. The largest absolute Gasteiger partial charge is 0.493 e. The summed E-state index contributed by atoms with van der Waals surface area (Å²) < 4.78 is 33.2. The highest BCUT2D eigenvalue weighted by Gasteiger charge is 2.29. The van der Waals surface area contributed by atoms with Gasteiger partial charge in [0.2, 0.25) is 0 Å². The maximum Gasteiger partial charge on any atom is 0.262 e. The van der Waals surface area contributed by atoms with E-state index in [4.69, 9.17) is 9.47 Å². The van der Waals surface area contributed by atoms with E-state index in [9.17, 15) is 18.5 Å². The topological polar surface area (TPSA) is 105 Å². The molecule has 1 aromatic rings. The number of carbonyl (C=O) groups excluding carboxylic acids is 1. The zero-order chi connectivity index (χ0) is 17.7. The zero-order valence-electron chi connectivity index (χ0n) is 13.4. The number of hydrogen-bond acceptors (Lipinski definition) is 6. The molecular formula is C16H18N2O5S. The predicted octanol–water partition coefficient (Wildman–Crippen LogP) is 0.914. The molecule has 1 heterocycles. The number of methoxy groups -OCH3 is 2. The van der Waals surface area contributed by atoms with Crippen LogP contribution in [0.15, 0.2) is 23.8 Å². The summed E-state index contributed by atoms with van der Waals surface area (Å²) in [5, 5.41) is 11.8. The summed E-state index contributed by atoms with van der Waals surface area (Å²) >= 11 is 0. The second-order valence-corrected chi connectivity index (χ2v) is 7.59. The van der Waals surface area contributed by atoms with Crippen molar-refractivity contribution >= 4 is 21.8 Å². The molecule has 8 heteroatoms. The summed E-state index contributed by atoms with van der Waals surface area (Å²) in [4.78, 5) is 12.2. The fourth-order valence-electron chi connectivity index (χ4n) is 2.43. The summed E-state index contributed by atoms with van der Waals surface area (Å²) in [5.74, 6) is 0.390. The Hall–Kier alpha value is -2.53. The Balaban J connectivity index is 2.17. The Labute approximate surface area is 140 Å². The van der Waals surface area contributed by atoms with Gasteiger partial charge in [-0.05, 0) is 30.2 Å². The smallest absolute Gasteiger partial charge is 0.262 e. The first-order valence-corrected chi connectivity index (χ1v) is 9.06. The molecule has 128 valence electrons. The van der Waals surface area contributed by atoms with Crippen molar-refractivity contribution in [2.24, 2.45) is 0 Å². The van der Waals surface area contributed by atoms with Crippen molar-refractivity contribution in [1.29, 1.82) is 5.26 Å². The van der Waals surface area contributed by atoms with Crippen LogP contribution in [0.2, 0.25) is 0 Å². The van der Waals surface area contributed by atoms with Gasteiger partial charge in [-0.1, -0.05) is 6.07 Å². The molecule has 1 fully saturated rings. The SMILES string of the molecule is COc1ccc(/C=C(\C#N)C(=O)N[C@@H]2CCS(=O)(=O)C2)cc1OC. The molecule has 1 atom stereocenters. The van der Waals surface area contributed by atoms with Crippen molar-refractivity contribution < 1.29 is 22.7 Å². The summed E-state index contributed by atoms with van der Waals surface area (Å²) in [6.07, 6.45) is 1.78. The van der Waals surface area contributed by atoms with Gasteiger partial charge in [0.05, 0.1) is 25.7 Å². The number of sulfone groups is 1. The highest BCUT2D eigenvalue weighted by atomic mass is 32.2. The molecule has 2 rings (SSSR count). The van der Waals surface area contributed by atoms with Crippen LogP contribution < -0.4 is 14.8 Å². The Kier molecular flexibility index (Phi) is 5.46. The second-order valence-electron chi connectivity index (χ2n) is 5.36. The number of nitriles is 1. The van der Waals surface area contributed by atoms with E-state index in [1.54, 1.807) is 18.2 Å². The molecule has 1 aliphatic heterocycles. The van der Waals surface area contributed by atoms with Gasteiger partial charge in [0.25, 0.3) is 5.91 Å². The number of nitrogens with zero attached hydrogens (tertiary/aromatic N) is 1. The van der Waals surface area contributed by atoms with Crippen LogP contribution in [0, 0.1) is 11.3 Å². The van der Waals surface area contributed by atoms with Crippen LogP contribution in [0.3, 0.4) is 0 Å². The van der Waals surface area contributed by atoms with E-state index < -0.39 is 21.8 Å². The van der Waals surface area contributed by atoms with Gasteiger partial charge in [0, 0.05) is 6.04 Å². The minimum Gasteiger partial charge on any atom is -0.493 e. The molecule has 0 unspecified atom stereocenters. The number of amides is 1. The zero-order valence-corrected chi connectivity index (χ0v) is 14.2. The molecule has 1 saturated heterocycles. The Bertz CT molecular complexity index is 808. The number of ether oxygens (including phenoxy) is 2. The van der Waals surface area contributed by atoms with Crippen LogP contribution in [0.5, 0.6) is 11.5 Å². The van der Waals surface area contributed by atoms with Crippen LogP contribution >= 0.6 is 0 Å². The minimum atomic E-state index is -3.10. The van der Waals surface area contributed by atoms with Crippen molar-refractivity contribution in [3.63, 3.8) is 0 Å². The van der Waals surface area contributed by atoms with Gasteiger partial charge in [-0.25, -0.2) is 8.42 Å². The monoisotopic (exact) mass is 350 g/mol. The van der Waals surface area contributed by atoms with Crippen LogP contribution in [-0.2, 0) is 14.6 Å². The molecule has 0 saturated carbocycles. The minimum absolute atomic E-state index is 0.0548. The number of carbonyl (C=O) groups is 1. The highest BCUT2D eigenvalue weighted by molar-refractivity contribution is 7.91. The molecule has 0 aromatic heterocycles. The molecule has 7 nitrogen and oxygen atoms in total. The predicted molar refractivity (Wildman–Crippen MR) is 88.3 cm³/mol. The lowest BCUT2D eigenvalue weighted by molar-refractivity contribution is -0.117. The van der Waals surface area contributed by atoms with Gasteiger partial charge >= 0.3 is 0 Å². The van der Waals surface area contributed by atoms with Gasteiger partial charge in [-0.3, -0.25) is 4.79 Å². The average molecular weight is 350 g/mol. The fraction of sp³-hybridized carbons (Fsp3) is 0.375. The first kappa shape index (κ1) is 17.8. The molecule has 0 bridgehead atoms. The van der Waals surface area contributed by atoms with Crippen molar-refractivity contribution in [2.75, 3.05) is 25.7 Å². The number of hydrogen-bond donors (Lipinski definition) is 1. The van der Waals surface area contributed by atoms with Gasteiger partial charge in [0.1, 0.15) is 11.6 Å². The van der Waals surface area contributed by atoms with E-state index in [-0.39, 0.29) is 17.1 Å². The van der Waals surface area contributed by atoms with Crippen LogP contribution in [0.4, 0.5) is 0 Å². The molecule has 0 radical (unpaired) electrons. The molecule has 0 aliphatic carbocycles. The van der Waals surface area contributed by atoms with E-state index in [2.05, 4.69) is 5.32 Å². The Morgan fingerprint density at radius 2 is 2.04 bits per heavy atom. The van der Waals surface area contributed by atoms with E-state index in [0.29, 0.717) is 23.5 Å². The molecule has 1 aliphatic rings. The van der Waals surface area contributed by atoms with E-state index in [1.807, 2.05) is 6.07 Å². The van der Waals surface area contributed by atoms with Crippen molar-refractivity contribution in [3.05, 3.63) is 29.3 Å². The molecule has 1 N–H and O–H groups in total. The lowest BCUT2D eigenvalue weighted by atomic mass is 10.1. The lowest BCUT2D eigenvalue weighted by Crippen LogP contribution is -2.36. The Morgan fingerprint density at radius 3 is 2.58 bits per heavy atom. The average Bonchev–Trinajstić information content (AvgIpc) is 2.90. The van der Waals surface area contributed by atoms with Crippen molar-refractivity contribution in [1.82, 2.24) is 5.32 Å². The molecular weight excluding hydrogens is 332 g/mol. The first-order chi connectivity index (χ1) is 11.4. The maximum absolute atomic E-state index is 12.2. The lowest BCUT2D eigenvalue weighted by Gasteiger charge is -2.10. The van der Waals surface area contributed by atoms with Crippen LogP contribution in [0.25, 0.3) is 6.08 Å². The standard InChI is InChI=1S/C16H18N2O5S/c1-22-14-4-3-11(8-15(14)23-2)7-12(9-17)16(19)18-13-5-6-24(20,21)10-13/h3-4,7-8,13H,5-6,10H2,1-2H3,(H,18,19)/b12-7+/t13-/m1/s1. The third-order valence-electron chi connectivity index (χ3n) is 3.65. The quantitative estimate of drug-likeness (QED) is 0.625. The van der Waals surface area contributed by atoms with Crippen molar-refractivity contribution in [2.45, 2.75) is 12.5 Å². The normalized spacial score (nSPS) is 19.4. The molecule has 1 aromatic carbocycles. The molecule has 0 spiro atoms. The van der Waals surface area contributed by atoms with Crippen molar-refractivity contribution in [3.8, 4) is 17.6 Å². The highest BCUT2D eigenvalue weighted by Crippen LogP contribution is 2.28. The summed E-state index contributed by atoms with van der Waals surface area (Å²) in [6, 6.07) is 6.38.